The van der Waals surface area contributed by atoms with Gasteiger partial charge >= 0.3 is 0 Å². The molecule has 0 atom stereocenters. The van der Waals surface area contributed by atoms with Gasteiger partial charge in [-0.15, -0.1) is 0 Å². The average molecular weight is 293 g/mol. The Morgan fingerprint density at radius 3 is 1.71 bits per heavy atom. The Kier molecular flexibility index (Phi) is 5.12. The number of benzene rings is 2. The summed E-state index contributed by atoms with van der Waals surface area (Å²) in [6.45, 7) is 3.49. The van der Waals surface area contributed by atoms with Crippen LogP contribution in [0.3, 0.4) is 0 Å². The number of rotatable bonds is 5. The van der Waals surface area contributed by atoms with Crippen molar-refractivity contribution in [3.63, 3.8) is 0 Å². The zero-order chi connectivity index (χ0) is 15.2. The third-order valence-corrected chi connectivity index (χ3v) is 5.26. The Balaban J connectivity index is 2.39. The molecule has 2 rings (SSSR count). The van der Waals surface area contributed by atoms with Gasteiger partial charge in [0.15, 0.2) is 0 Å². The van der Waals surface area contributed by atoms with Crippen LogP contribution < -0.4 is 5.11 Å². The minimum Gasteiger partial charge on any atom is -0.545 e. The van der Waals surface area contributed by atoms with Gasteiger partial charge in [0.25, 0.3) is 0 Å². The van der Waals surface area contributed by atoms with Crippen molar-refractivity contribution < 1.29 is 9.90 Å². The van der Waals surface area contributed by atoms with Gasteiger partial charge in [0.1, 0.15) is 0 Å². The number of carbonyl (C=O) groups is 1. The van der Waals surface area contributed by atoms with E-state index in [9.17, 15) is 9.90 Å². The lowest BCUT2D eigenvalue weighted by Crippen LogP contribution is -2.25. The Morgan fingerprint density at radius 2 is 1.33 bits per heavy atom. The van der Waals surface area contributed by atoms with E-state index in [0.717, 1.165) is 5.20 Å². The van der Waals surface area contributed by atoms with Crippen molar-refractivity contribution in [3.05, 3.63) is 82.6 Å². The van der Waals surface area contributed by atoms with Crippen molar-refractivity contribution in [2.24, 2.45) is 0 Å². The zero-order valence-electron chi connectivity index (χ0n) is 12.2. The zero-order valence-corrected chi connectivity index (χ0v) is 13.2. The molecule has 0 fully saturated rings. The fraction of sp³-hybridized carbons (Fsp3) is 0.167. The van der Waals surface area contributed by atoms with Gasteiger partial charge in [0.05, 0.1) is 15.5 Å². The van der Waals surface area contributed by atoms with Crippen molar-refractivity contribution in [3.8, 4) is 0 Å². The maximum atomic E-state index is 11.0. The van der Waals surface area contributed by atoms with E-state index in [1.54, 1.807) is 6.92 Å². The molecule has 0 aliphatic carbocycles. The van der Waals surface area contributed by atoms with Gasteiger partial charge in [-0.3, -0.25) is 0 Å². The molecule has 21 heavy (non-hydrogen) atoms. The summed E-state index contributed by atoms with van der Waals surface area (Å²) in [5.74, 6) is -1.08. The summed E-state index contributed by atoms with van der Waals surface area (Å²) in [6, 6.07) is 20.4. The first kappa shape index (κ1) is 15.3. The first-order chi connectivity index (χ1) is 10.1. The average Bonchev–Trinajstić information content (AvgIpc) is 2.53. The van der Waals surface area contributed by atoms with Crippen molar-refractivity contribution in [2.75, 3.05) is 0 Å². The summed E-state index contributed by atoms with van der Waals surface area (Å²) in [7, 11) is 0.384. The summed E-state index contributed by atoms with van der Waals surface area (Å²) in [5.41, 5.74) is 2.92. The number of hydrogen-bond acceptors (Lipinski definition) is 2. The Morgan fingerprint density at radius 1 is 0.905 bits per heavy atom. The molecule has 2 aromatic carbocycles. The molecule has 0 aliphatic rings. The lowest BCUT2D eigenvalue weighted by Gasteiger charge is -2.19. The summed E-state index contributed by atoms with van der Waals surface area (Å²) >= 11 is 0. The number of carboxylic acid groups (broad SMARTS) is 1. The van der Waals surface area contributed by atoms with Gasteiger partial charge in [-0.1, -0.05) is 65.9 Å². The van der Waals surface area contributed by atoms with Gasteiger partial charge in [0.2, 0.25) is 0 Å². The fourth-order valence-corrected chi connectivity index (χ4v) is 3.60. The highest BCUT2D eigenvalue weighted by molar-refractivity contribution is 6.49. The minimum absolute atomic E-state index is 0.182. The van der Waals surface area contributed by atoms with E-state index >= 15 is 0 Å². The molecule has 0 saturated carbocycles. The second-order valence-electron chi connectivity index (χ2n) is 4.94. The van der Waals surface area contributed by atoms with E-state index in [1.165, 1.54) is 11.1 Å². The summed E-state index contributed by atoms with van der Waals surface area (Å²) < 4.78 is 0. The first-order valence-corrected chi connectivity index (χ1v) is 7.92. The van der Waals surface area contributed by atoms with Crippen LogP contribution in [0.1, 0.15) is 30.5 Å². The van der Waals surface area contributed by atoms with E-state index < -0.39 is 5.97 Å². The van der Waals surface area contributed by atoms with Crippen molar-refractivity contribution in [2.45, 2.75) is 19.4 Å². The molecule has 0 saturated heterocycles. The van der Waals surface area contributed by atoms with Crippen LogP contribution >= 0.6 is 0 Å². The molecule has 0 bridgehead atoms. The standard InChI is InChI=1S/C18H18O2Si/c1-13(18(19)20)14(2)21-17(15-9-5-3-6-10-15)16-11-7-4-8-12-16/h3-12,17H,1-2H3,(H,19,20)/p-1/b14-13+. The molecular weight excluding hydrogens is 276 g/mol. The number of allylic oxidation sites excluding steroid dienone is 1. The maximum Gasteiger partial charge on any atom is 0.0892 e. The summed E-state index contributed by atoms with van der Waals surface area (Å²) in [6.07, 6.45) is 0. The fourth-order valence-electron chi connectivity index (χ4n) is 2.13. The number of carboxylic acids is 1. The second-order valence-corrected chi connectivity index (χ2v) is 6.55. The van der Waals surface area contributed by atoms with Crippen LogP contribution in [0.2, 0.25) is 0 Å². The van der Waals surface area contributed by atoms with Crippen molar-refractivity contribution in [1.29, 1.82) is 0 Å². The predicted octanol–water partition coefficient (Wildman–Crippen LogP) is 2.52. The molecule has 0 heterocycles. The van der Waals surface area contributed by atoms with Gasteiger partial charge in [-0.2, -0.15) is 0 Å². The second kappa shape index (κ2) is 7.04. The lowest BCUT2D eigenvalue weighted by molar-refractivity contribution is -0.299. The molecular formula is C18H17O2Si-. The SMILES string of the molecule is C/C([Si]C(c1ccccc1)c1ccccc1)=C(/C)C(=O)[O-]. The highest BCUT2D eigenvalue weighted by Gasteiger charge is 2.16. The smallest absolute Gasteiger partial charge is 0.0892 e. The molecule has 0 aliphatic heterocycles. The predicted molar refractivity (Wildman–Crippen MR) is 83.9 cm³/mol. The number of carbonyl (C=O) groups excluding carboxylic acids is 1. The monoisotopic (exact) mass is 293 g/mol. The van der Waals surface area contributed by atoms with E-state index in [-0.39, 0.29) is 5.54 Å². The highest BCUT2D eigenvalue weighted by atomic mass is 28.2. The maximum absolute atomic E-state index is 11.0. The molecule has 3 heteroatoms. The Labute approximate surface area is 128 Å². The third kappa shape index (κ3) is 3.92. The molecule has 0 amide bonds. The lowest BCUT2D eigenvalue weighted by atomic mass is 10.0. The molecule has 0 aromatic heterocycles. The number of aliphatic carboxylic acids is 1. The number of hydrogen-bond donors (Lipinski definition) is 0. The highest BCUT2D eigenvalue weighted by Crippen LogP contribution is 2.25. The van der Waals surface area contributed by atoms with Crippen molar-refractivity contribution in [1.82, 2.24) is 0 Å². The molecule has 2 radical (unpaired) electrons. The van der Waals surface area contributed by atoms with E-state index in [2.05, 4.69) is 24.3 Å². The Hall–Kier alpha value is -2.13. The third-order valence-electron chi connectivity index (χ3n) is 3.50. The van der Waals surface area contributed by atoms with Crippen LogP contribution in [-0.2, 0) is 4.79 Å². The largest absolute Gasteiger partial charge is 0.545 e. The van der Waals surface area contributed by atoms with Gasteiger partial charge in [0, 0.05) is 5.54 Å². The van der Waals surface area contributed by atoms with Crippen LogP contribution in [0, 0.1) is 0 Å². The van der Waals surface area contributed by atoms with Gasteiger partial charge in [-0.05, 0) is 30.5 Å². The molecule has 106 valence electrons. The van der Waals surface area contributed by atoms with Crippen LogP contribution in [0.15, 0.2) is 71.4 Å². The van der Waals surface area contributed by atoms with E-state index in [1.807, 2.05) is 43.3 Å². The van der Waals surface area contributed by atoms with Crippen LogP contribution in [0.25, 0.3) is 0 Å². The van der Waals surface area contributed by atoms with E-state index in [0.29, 0.717) is 15.1 Å². The van der Waals surface area contributed by atoms with E-state index in [4.69, 9.17) is 0 Å². The summed E-state index contributed by atoms with van der Waals surface area (Å²) in [4.78, 5) is 11.0. The van der Waals surface area contributed by atoms with Gasteiger partial charge < -0.3 is 9.90 Å². The topological polar surface area (TPSA) is 40.1 Å². The first-order valence-electron chi connectivity index (χ1n) is 6.85. The molecule has 0 spiro atoms. The molecule has 0 N–H and O–H groups in total. The minimum atomic E-state index is -1.08. The van der Waals surface area contributed by atoms with Gasteiger partial charge in [-0.25, -0.2) is 0 Å². The Bertz CT molecular complexity index is 593. The molecule has 2 nitrogen and oxygen atoms in total. The van der Waals surface area contributed by atoms with Crippen LogP contribution in [0.5, 0.6) is 0 Å². The normalized spacial score (nSPS) is 12.1. The molecule has 0 unspecified atom stereocenters. The summed E-state index contributed by atoms with van der Waals surface area (Å²) in [5, 5.41) is 11.9. The van der Waals surface area contributed by atoms with Crippen molar-refractivity contribution >= 4 is 15.5 Å². The van der Waals surface area contributed by atoms with Crippen LogP contribution in [-0.4, -0.2) is 15.5 Å². The quantitative estimate of drug-likeness (QED) is 0.628. The molecule has 2 aromatic rings. The van der Waals surface area contributed by atoms with Crippen LogP contribution in [0.4, 0.5) is 0 Å².